The average molecular weight is 581 g/mol. The summed E-state index contributed by atoms with van der Waals surface area (Å²) in [4.78, 5) is 18.1. The van der Waals surface area contributed by atoms with Crippen LogP contribution in [0.15, 0.2) is 109 Å². The summed E-state index contributed by atoms with van der Waals surface area (Å²) >= 11 is 0. The number of aryl methyl sites for hydroxylation is 1. The minimum absolute atomic E-state index is 0.118. The summed E-state index contributed by atoms with van der Waals surface area (Å²) in [6, 6.07) is 32.9. The first kappa shape index (κ1) is 30.4. The van der Waals surface area contributed by atoms with Gasteiger partial charge in [0.2, 0.25) is 0 Å². The standard InChI is InChI=1S/C36H40N2O5/c39-24-30-15-7-13-28(19-30)22-37-32(18-17-26-9-3-1-4-10-26)34(41)35(42)33(21-27-11-5-2-6-12-27)38(36(37)43)23-29-14-8-16-31(20-29)25-40/h1-16,19-20,32-35,39-42H,17-18,21-25H2/t32-,33-,34+,35+/m1/s1. The van der Waals surface area contributed by atoms with Gasteiger partial charge in [0.15, 0.2) is 0 Å². The van der Waals surface area contributed by atoms with Gasteiger partial charge >= 0.3 is 6.03 Å². The fourth-order valence-corrected chi connectivity index (χ4v) is 6.06. The van der Waals surface area contributed by atoms with Crippen LogP contribution in [0.5, 0.6) is 0 Å². The lowest BCUT2D eigenvalue weighted by molar-refractivity contribution is -0.0424. The quantitative estimate of drug-likeness (QED) is 0.210. The Bertz CT molecular complexity index is 1460. The summed E-state index contributed by atoms with van der Waals surface area (Å²) in [6.07, 6.45) is -0.961. The van der Waals surface area contributed by atoms with E-state index in [9.17, 15) is 25.2 Å². The Hall–Kier alpha value is -4.01. The fraction of sp³-hybridized carbons (Fsp3) is 0.306. The van der Waals surface area contributed by atoms with E-state index in [1.54, 1.807) is 9.80 Å². The van der Waals surface area contributed by atoms with Crippen molar-refractivity contribution in [3.8, 4) is 0 Å². The van der Waals surface area contributed by atoms with E-state index in [2.05, 4.69) is 0 Å². The Labute approximate surface area is 253 Å². The third kappa shape index (κ3) is 7.50. The number of urea groups is 1. The van der Waals surface area contributed by atoms with Crippen LogP contribution in [-0.4, -0.2) is 60.5 Å². The fourth-order valence-electron chi connectivity index (χ4n) is 6.06. The predicted octanol–water partition coefficient (Wildman–Crippen LogP) is 4.44. The molecule has 7 nitrogen and oxygen atoms in total. The molecule has 0 spiro atoms. The Morgan fingerprint density at radius 2 is 0.977 bits per heavy atom. The number of rotatable bonds is 11. The highest BCUT2D eigenvalue weighted by atomic mass is 16.3. The summed E-state index contributed by atoms with van der Waals surface area (Å²) in [5, 5.41) is 43.2. The molecular weight excluding hydrogens is 540 g/mol. The highest BCUT2D eigenvalue weighted by molar-refractivity contribution is 5.76. The second-order valence-electron chi connectivity index (χ2n) is 11.3. The zero-order valence-electron chi connectivity index (χ0n) is 24.2. The highest BCUT2D eigenvalue weighted by Crippen LogP contribution is 2.30. The molecule has 0 aromatic heterocycles. The van der Waals surface area contributed by atoms with Crippen LogP contribution < -0.4 is 0 Å². The number of amides is 2. The molecule has 4 aromatic rings. The van der Waals surface area contributed by atoms with E-state index < -0.39 is 24.3 Å². The number of benzene rings is 4. The third-order valence-corrected chi connectivity index (χ3v) is 8.34. The molecule has 1 aliphatic rings. The maximum Gasteiger partial charge on any atom is 0.321 e. The molecule has 4 atom stereocenters. The van der Waals surface area contributed by atoms with Gasteiger partial charge in [-0.05, 0) is 52.6 Å². The maximum atomic E-state index is 14.7. The van der Waals surface area contributed by atoms with Crippen molar-refractivity contribution in [1.29, 1.82) is 0 Å². The summed E-state index contributed by atoms with van der Waals surface area (Å²) < 4.78 is 0. The number of nitrogens with zero attached hydrogens (tertiary/aromatic N) is 2. The molecule has 1 saturated heterocycles. The molecule has 0 aliphatic carbocycles. The van der Waals surface area contributed by atoms with Gasteiger partial charge in [-0.15, -0.1) is 0 Å². The molecule has 0 bridgehead atoms. The Morgan fingerprint density at radius 1 is 0.535 bits per heavy atom. The molecule has 5 rings (SSSR count). The number of aliphatic hydroxyl groups excluding tert-OH is 4. The monoisotopic (exact) mass is 580 g/mol. The second-order valence-corrected chi connectivity index (χ2v) is 11.3. The highest BCUT2D eigenvalue weighted by Gasteiger charge is 2.46. The van der Waals surface area contributed by atoms with E-state index in [-0.39, 0.29) is 32.3 Å². The molecule has 43 heavy (non-hydrogen) atoms. The molecule has 1 aliphatic heterocycles. The van der Waals surface area contributed by atoms with Crippen molar-refractivity contribution in [2.75, 3.05) is 0 Å². The van der Waals surface area contributed by atoms with Gasteiger partial charge in [0.05, 0.1) is 25.3 Å². The molecule has 4 aromatic carbocycles. The van der Waals surface area contributed by atoms with Gasteiger partial charge in [-0.2, -0.15) is 0 Å². The smallest absolute Gasteiger partial charge is 0.321 e. The van der Waals surface area contributed by atoms with Crippen LogP contribution in [0.2, 0.25) is 0 Å². The lowest BCUT2D eigenvalue weighted by atomic mass is 9.91. The van der Waals surface area contributed by atoms with Crippen LogP contribution in [0.25, 0.3) is 0 Å². The van der Waals surface area contributed by atoms with Gasteiger partial charge in [0, 0.05) is 13.1 Å². The lowest BCUT2D eigenvalue weighted by Gasteiger charge is -2.36. The normalized spacial score (nSPS) is 20.7. The third-order valence-electron chi connectivity index (χ3n) is 8.34. The van der Waals surface area contributed by atoms with E-state index in [0.717, 1.165) is 33.4 Å². The molecule has 7 heteroatoms. The van der Waals surface area contributed by atoms with Gasteiger partial charge in [0.1, 0.15) is 12.2 Å². The number of hydrogen-bond acceptors (Lipinski definition) is 5. The topological polar surface area (TPSA) is 104 Å². The van der Waals surface area contributed by atoms with E-state index in [4.69, 9.17) is 0 Å². The summed E-state index contributed by atoms with van der Waals surface area (Å²) in [5.41, 5.74) is 5.16. The minimum Gasteiger partial charge on any atom is -0.392 e. The molecule has 0 unspecified atom stereocenters. The molecule has 1 fully saturated rings. The molecule has 0 saturated carbocycles. The van der Waals surface area contributed by atoms with E-state index in [1.165, 1.54) is 0 Å². The van der Waals surface area contributed by atoms with E-state index >= 15 is 0 Å². The zero-order chi connectivity index (χ0) is 30.2. The van der Waals surface area contributed by atoms with Crippen LogP contribution >= 0.6 is 0 Å². The molecule has 1 heterocycles. The van der Waals surface area contributed by atoms with Crippen molar-refractivity contribution >= 4 is 6.03 Å². The number of carbonyl (C=O) groups excluding carboxylic acids is 1. The first-order valence-corrected chi connectivity index (χ1v) is 14.9. The minimum atomic E-state index is -1.21. The lowest BCUT2D eigenvalue weighted by Crippen LogP contribution is -2.50. The van der Waals surface area contributed by atoms with Crippen molar-refractivity contribution in [2.45, 2.75) is 69.9 Å². The Morgan fingerprint density at radius 3 is 1.51 bits per heavy atom. The van der Waals surface area contributed by atoms with Crippen LogP contribution in [-0.2, 0) is 39.1 Å². The SMILES string of the molecule is O=C1N(Cc2cccc(CO)c2)[C@H](CCc2ccccc2)[C@H](O)[C@@H](O)[C@@H](Cc2ccccc2)N1Cc1cccc(CO)c1. The zero-order valence-corrected chi connectivity index (χ0v) is 24.2. The van der Waals surface area contributed by atoms with E-state index in [0.29, 0.717) is 19.3 Å². The van der Waals surface area contributed by atoms with Crippen LogP contribution in [0.1, 0.15) is 39.8 Å². The summed E-state index contributed by atoms with van der Waals surface area (Å²) in [6.45, 7) is 0.173. The predicted molar refractivity (Wildman–Crippen MR) is 166 cm³/mol. The summed E-state index contributed by atoms with van der Waals surface area (Å²) in [5.74, 6) is 0. The van der Waals surface area contributed by atoms with Gasteiger partial charge in [-0.1, -0.05) is 109 Å². The second kappa shape index (κ2) is 14.4. The molecule has 0 radical (unpaired) electrons. The molecule has 2 amide bonds. The Kier molecular flexibility index (Phi) is 10.2. The van der Waals surface area contributed by atoms with E-state index in [1.807, 2.05) is 109 Å². The van der Waals surface area contributed by atoms with Crippen molar-refractivity contribution in [3.63, 3.8) is 0 Å². The van der Waals surface area contributed by atoms with Crippen molar-refractivity contribution < 1.29 is 25.2 Å². The molecular formula is C36H40N2O5. The number of hydrogen-bond donors (Lipinski definition) is 4. The van der Waals surface area contributed by atoms with Gasteiger partial charge in [-0.3, -0.25) is 0 Å². The van der Waals surface area contributed by atoms with Gasteiger partial charge in [0.25, 0.3) is 0 Å². The van der Waals surface area contributed by atoms with Gasteiger partial charge in [-0.25, -0.2) is 4.79 Å². The largest absolute Gasteiger partial charge is 0.392 e. The van der Waals surface area contributed by atoms with Crippen molar-refractivity contribution in [1.82, 2.24) is 9.80 Å². The van der Waals surface area contributed by atoms with Gasteiger partial charge < -0.3 is 30.2 Å². The summed E-state index contributed by atoms with van der Waals surface area (Å²) in [7, 11) is 0. The number of carbonyl (C=O) groups is 1. The number of aliphatic hydroxyl groups is 4. The first-order chi connectivity index (χ1) is 21.0. The van der Waals surface area contributed by atoms with Crippen LogP contribution in [0.3, 0.4) is 0 Å². The van der Waals surface area contributed by atoms with Crippen LogP contribution in [0.4, 0.5) is 4.79 Å². The van der Waals surface area contributed by atoms with Crippen molar-refractivity contribution in [3.05, 3.63) is 143 Å². The molecule has 4 N–H and O–H groups in total. The average Bonchev–Trinajstić information content (AvgIpc) is 3.11. The Balaban J connectivity index is 1.56. The van der Waals surface area contributed by atoms with Crippen LogP contribution in [0, 0.1) is 0 Å². The van der Waals surface area contributed by atoms with Crippen molar-refractivity contribution in [2.24, 2.45) is 0 Å². The maximum absolute atomic E-state index is 14.7. The molecule has 224 valence electrons. The first-order valence-electron chi connectivity index (χ1n) is 14.9.